The lowest BCUT2D eigenvalue weighted by atomic mass is 10.1. The first kappa shape index (κ1) is 20.3. The third-order valence-electron chi connectivity index (χ3n) is 5.22. The zero-order chi connectivity index (χ0) is 22.3. The molecule has 1 heterocycles. The number of carbonyl (C=O) groups is 1. The van der Waals surface area contributed by atoms with Crippen molar-refractivity contribution in [3.8, 4) is 11.5 Å². The van der Waals surface area contributed by atoms with Gasteiger partial charge in [-0.25, -0.2) is 4.98 Å². The normalized spacial score (nSPS) is 11.0. The first-order valence-electron chi connectivity index (χ1n) is 9.78. The summed E-state index contributed by atoms with van der Waals surface area (Å²) < 4.78 is 5.98. The van der Waals surface area contributed by atoms with Crippen molar-refractivity contribution < 1.29 is 14.1 Å². The van der Waals surface area contributed by atoms with Gasteiger partial charge in [0.25, 0.3) is 11.6 Å². The van der Waals surface area contributed by atoms with Crippen molar-refractivity contribution in [3.63, 3.8) is 0 Å². The van der Waals surface area contributed by atoms with E-state index in [2.05, 4.69) is 10.3 Å². The molecule has 0 aliphatic heterocycles. The Morgan fingerprint density at radius 1 is 0.968 bits per heavy atom. The lowest BCUT2D eigenvalue weighted by Gasteiger charge is -2.10. The molecule has 0 aliphatic rings. The van der Waals surface area contributed by atoms with E-state index < -0.39 is 10.8 Å². The van der Waals surface area contributed by atoms with Gasteiger partial charge < -0.3 is 9.73 Å². The van der Waals surface area contributed by atoms with Crippen LogP contribution in [0, 0.1) is 37.8 Å². The van der Waals surface area contributed by atoms with Crippen molar-refractivity contribution in [2.75, 3.05) is 5.32 Å². The Hall–Kier alpha value is -4.00. The number of aromatic nitrogens is 1. The van der Waals surface area contributed by atoms with Gasteiger partial charge in [-0.3, -0.25) is 14.9 Å². The summed E-state index contributed by atoms with van der Waals surface area (Å²) >= 11 is 0. The molecule has 4 aromatic rings. The Balaban J connectivity index is 1.67. The fourth-order valence-electron chi connectivity index (χ4n) is 3.53. The topological polar surface area (TPSA) is 98.3 Å². The number of amides is 1. The molecule has 0 bridgehead atoms. The van der Waals surface area contributed by atoms with Gasteiger partial charge in [0, 0.05) is 28.4 Å². The number of benzene rings is 3. The molecule has 0 spiro atoms. The average molecular weight is 415 g/mol. The van der Waals surface area contributed by atoms with Crippen molar-refractivity contribution >= 4 is 28.4 Å². The van der Waals surface area contributed by atoms with Gasteiger partial charge in [0.15, 0.2) is 5.58 Å². The number of nitrogens with one attached hydrogen (secondary N) is 1. The second-order valence-corrected chi connectivity index (χ2v) is 7.69. The number of anilines is 1. The molecule has 0 fully saturated rings. The Labute approximate surface area is 178 Å². The van der Waals surface area contributed by atoms with Crippen LogP contribution in [-0.4, -0.2) is 15.8 Å². The van der Waals surface area contributed by atoms with Crippen LogP contribution < -0.4 is 5.32 Å². The second kappa shape index (κ2) is 7.68. The Morgan fingerprint density at radius 3 is 2.45 bits per heavy atom. The third kappa shape index (κ3) is 3.90. The van der Waals surface area contributed by atoms with Gasteiger partial charge in [-0.2, -0.15) is 0 Å². The minimum atomic E-state index is -0.491. The van der Waals surface area contributed by atoms with E-state index in [-0.39, 0.29) is 11.3 Å². The number of rotatable bonds is 4. The molecule has 7 nitrogen and oxygen atoms in total. The lowest BCUT2D eigenvalue weighted by molar-refractivity contribution is -0.385. The first-order chi connectivity index (χ1) is 14.7. The van der Waals surface area contributed by atoms with E-state index in [1.54, 1.807) is 25.1 Å². The number of nitro groups is 1. The minimum absolute atomic E-state index is 0.0877. The molecule has 0 atom stereocenters. The Kier molecular flexibility index (Phi) is 5.02. The number of fused-ring (bicyclic) bond motifs is 1. The van der Waals surface area contributed by atoms with E-state index in [0.717, 1.165) is 33.4 Å². The Morgan fingerprint density at radius 2 is 1.71 bits per heavy atom. The van der Waals surface area contributed by atoms with Crippen LogP contribution in [0.1, 0.15) is 32.6 Å². The smallest absolute Gasteiger partial charge is 0.273 e. The van der Waals surface area contributed by atoms with Crippen LogP contribution >= 0.6 is 0 Å². The fourth-order valence-corrected chi connectivity index (χ4v) is 3.53. The summed E-state index contributed by atoms with van der Waals surface area (Å²) in [5.74, 6) is 0.0394. The van der Waals surface area contributed by atoms with E-state index in [1.165, 1.54) is 6.07 Å². The van der Waals surface area contributed by atoms with Crippen LogP contribution in [0.15, 0.2) is 52.9 Å². The molecule has 0 radical (unpaired) electrons. The number of carbonyl (C=O) groups excluding carboxylic acids is 1. The molecule has 1 amide bonds. The molecule has 0 saturated carbocycles. The largest absolute Gasteiger partial charge is 0.436 e. The van der Waals surface area contributed by atoms with E-state index >= 15 is 0 Å². The van der Waals surface area contributed by atoms with Crippen molar-refractivity contribution in [2.45, 2.75) is 27.7 Å². The summed E-state index contributed by atoms with van der Waals surface area (Å²) in [6.45, 7) is 7.50. The summed E-state index contributed by atoms with van der Waals surface area (Å²) in [5.41, 5.74) is 6.42. The average Bonchev–Trinajstić information content (AvgIpc) is 3.14. The highest BCUT2D eigenvalue weighted by molar-refractivity contribution is 6.05. The zero-order valence-corrected chi connectivity index (χ0v) is 17.6. The maximum Gasteiger partial charge on any atom is 0.273 e. The summed E-state index contributed by atoms with van der Waals surface area (Å²) in [5, 5.41) is 14.0. The van der Waals surface area contributed by atoms with Crippen LogP contribution in [-0.2, 0) is 0 Å². The lowest BCUT2D eigenvalue weighted by Crippen LogP contribution is -2.13. The molecule has 0 aliphatic carbocycles. The standard InChI is InChI=1S/C24H21N3O4/c1-13-9-16(4)22-20(10-13)26-24(31-22)18-8-5-14(2)19(11-18)25-23(28)17-7-6-15(3)21(12-17)27(29)30/h5-12H,1-4H3,(H,25,28). The minimum Gasteiger partial charge on any atom is -0.436 e. The highest BCUT2D eigenvalue weighted by Gasteiger charge is 2.17. The van der Waals surface area contributed by atoms with E-state index in [1.807, 2.05) is 45.0 Å². The summed E-state index contributed by atoms with van der Waals surface area (Å²) in [6.07, 6.45) is 0. The number of oxazole rings is 1. The number of hydrogen-bond acceptors (Lipinski definition) is 5. The molecule has 3 aromatic carbocycles. The van der Waals surface area contributed by atoms with Crippen LogP contribution in [0.2, 0.25) is 0 Å². The predicted molar refractivity (Wildman–Crippen MR) is 119 cm³/mol. The van der Waals surface area contributed by atoms with E-state index in [0.29, 0.717) is 17.1 Å². The van der Waals surface area contributed by atoms with Crippen LogP contribution in [0.5, 0.6) is 0 Å². The summed E-state index contributed by atoms with van der Waals surface area (Å²) in [6, 6.07) is 14.0. The second-order valence-electron chi connectivity index (χ2n) is 7.69. The molecule has 1 aromatic heterocycles. The van der Waals surface area contributed by atoms with Gasteiger partial charge in [0.05, 0.1) is 4.92 Å². The van der Waals surface area contributed by atoms with Crippen molar-refractivity contribution in [1.29, 1.82) is 0 Å². The van der Waals surface area contributed by atoms with Gasteiger partial charge in [0.2, 0.25) is 5.89 Å². The third-order valence-corrected chi connectivity index (χ3v) is 5.22. The highest BCUT2D eigenvalue weighted by Crippen LogP contribution is 2.30. The number of aryl methyl sites for hydroxylation is 4. The van der Waals surface area contributed by atoms with Crippen LogP contribution in [0.25, 0.3) is 22.6 Å². The molecule has 31 heavy (non-hydrogen) atoms. The maximum atomic E-state index is 12.8. The van der Waals surface area contributed by atoms with Crippen LogP contribution in [0.3, 0.4) is 0 Å². The fraction of sp³-hybridized carbons (Fsp3) is 0.167. The van der Waals surface area contributed by atoms with Crippen molar-refractivity contribution in [1.82, 2.24) is 4.98 Å². The SMILES string of the molecule is Cc1cc(C)c2oc(-c3ccc(C)c(NC(=O)c4ccc(C)c([N+](=O)[O-])c4)c3)nc2c1. The van der Waals surface area contributed by atoms with E-state index in [4.69, 9.17) is 4.42 Å². The zero-order valence-electron chi connectivity index (χ0n) is 17.6. The van der Waals surface area contributed by atoms with Gasteiger partial charge in [-0.05, 0) is 68.7 Å². The highest BCUT2D eigenvalue weighted by atomic mass is 16.6. The predicted octanol–water partition coefficient (Wildman–Crippen LogP) is 5.89. The molecule has 1 N–H and O–H groups in total. The molecular weight excluding hydrogens is 394 g/mol. The van der Waals surface area contributed by atoms with Gasteiger partial charge in [-0.15, -0.1) is 0 Å². The number of hydrogen-bond donors (Lipinski definition) is 1. The molecular formula is C24H21N3O4. The molecule has 0 saturated heterocycles. The van der Waals surface area contributed by atoms with Crippen molar-refractivity contribution in [3.05, 3.63) is 86.5 Å². The summed E-state index contributed by atoms with van der Waals surface area (Å²) in [7, 11) is 0. The number of nitrogens with zero attached hydrogens (tertiary/aromatic N) is 2. The summed E-state index contributed by atoms with van der Waals surface area (Å²) in [4.78, 5) is 28.0. The first-order valence-corrected chi connectivity index (χ1v) is 9.78. The monoisotopic (exact) mass is 415 g/mol. The maximum absolute atomic E-state index is 12.8. The molecule has 156 valence electrons. The molecule has 0 unspecified atom stereocenters. The van der Waals surface area contributed by atoms with Crippen LogP contribution in [0.4, 0.5) is 11.4 Å². The molecule has 4 rings (SSSR count). The Bertz CT molecular complexity index is 1350. The van der Waals surface area contributed by atoms with Gasteiger partial charge >= 0.3 is 0 Å². The van der Waals surface area contributed by atoms with Gasteiger partial charge in [-0.1, -0.05) is 18.2 Å². The van der Waals surface area contributed by atoms with E-state index in [9.17, 15) is 14.9 Å². The van der Waals surface area contributed by atoms with Crippen molar-refractivity contribution in [2.24, 2.45) is 0 Å². The van der Waals surface area contributed by atoms with Gasteiger partial charge in [0.1, 0.15) is 5.52 Å². The quantitative estimate of drug-likeness (QED) is 0.331. The number of nitro benzene ring substituents is 1. The molecule has 7 heteroatoms.